The molecule has 3 aromatic carbocycles. The molecule has 5 rings (SSSR count). The molecule has 0 saturated heterocycles. The molecule has 0 bridgehead atoms. The van der Waals surface area contributed by atoms with Crippen LogP contribution in [0.3, 0.4) is 0 Å². The number of nitrogens with zero attached hydrogens (tertiary/aromatic N) is 5. The second kappa shape index (κ2) is 12.6. The van der Waals surface area contributed by atoms with Gasteiger partial charge < -0.3 is 19.1 Å². The first-order valence-corrected chi connectivity index (χ1v) is 13.4. The maximum Gasteiger partial charge on any atom is 0.332 e. The zero-order chi connectivity index (χ0) is 29.6. The van der Waals surface area contributed by atoms with Crippen molar-refractivity contribution in [3.63, 3.8) is 0 Å². The molecule has 0 fully saturated rings. The lowest BCUT2D eigenvalue weighted by molar-refractivity contribution is 0.0938. The van der Waals surface area contributed by atoms with Crippen LogP contribution in [0.4, 0.5) is 5.95 Å². The highest BCUT2D eigenvalue weighted by atomic mass is 16.5. The van der Waals surface area contributed by atoms with Gasteiger partial charge in [-0.15, -0.1) is 0 Å². The fourth-order valence-corrected chi connectivity index (χ4v) is 4.43. The van der Waals surface area contributed by atoms with E-state index in [0.29, 0.717) is 12.4 Å². The Balaban J connectivity index is 1.33. The van der Waals surface area contributed by atoms with Gasteiger partial charge in [0.25, 0.3) is 5.56 Å². The summed E-state index contributed by atoms with van der Waals surface area (Å²) in [6.45, 7) is 2.38. The van der Waals surface area contributed by atoms with Crippen molar-refractivity contribution in [3.05, 3.63) is 116 Å². The van der Waals surface area contributed by atoms with Gasteiger partial charge in [-0.25, -0.2) is 10.2 Å². The third-order valence-electron chi connectivity index (χ3n) is 6.68. The van der Waals surface area contributed by atoms with E-state index in [0.717, 1.165) is 27.0 Å². The number of ether oxygens (including phenoxy) is 2. The molecule has 0 radical (unpaired) electrons. The van der Waals surface area contributed by atoms with Crippen molar-refractivity contribution in [3.8, 4) is 11.5 Å². The van der Waals surface area contributed by atoms with Crippen LogP contribution in [0.1, 0.15) is 16.7 Å². The molecule has 1 unspecified atom stereocenters. The summed E-state index contributed by atoms with van der Waals surface area (Å²) in [5.74, 6) is 1.55. The molecule has 1 atom stereocenters. The van der Waals surface area contributed by atoms with Crippen LogP contribution >= 0.6 is 0 Å². The summed E-state index contributed by atoms with van der Waals surface area (Å²) in [5.41, 5.74) is 5.07. The van der Waals surface area contributed by atoms with Crippen LogP contribution in [0.25, 0.3) is 11.2 Å². The number of hydrogen-bond acceptors (Lipinski definition) is 8. The standard InChI is InChI=1S/C31H32N6O5/c1-21-8-7-11-26(16-21)42-20-24(38)18-37-27-28(35(2)31(40)36(3)29(27)39)33-30(37)34-32-17-22-12-14-25(15-13-22)41-19-23-9-5-4-6-10-23/h4-17,24,38H,18-20H2,1-3H3,(H,33,34). The zero-order valence-electron chi connectivity index (χ0n) is 23.6. The molecule has 11 nitrogen and oxygen atoms in total. The monoisotopic (exact) mass is 568 g/mol. The Morgan fingerprint density at radius 1 is 0.952 bits per heavy atom. The lowest BCUT2D eigenvalue weighted by Gasteiger charge is -2.15. The van der Waals surface area contributed by atoms with Gasteiger partial charge >= 0.3 is 5.69 Å². The number of anilines is 1. The molecule has 0 aliphatic heterocycles. The first-order chi connectivity index (χ1) is 20.3. The predicted molar refractivity (Wildman–Crippen MR) is 161 cm³/mol. The fourth-order valence-electron chi connectivity index (χ4n) is 4.43. The number of aliphatic hydroxyl groups is 1. The number of fused-ring (bicyclic) bond motifs is 1. The Morgan fingerprint density at radius 3 is 2.45 bits per heavy atom. The van der Waals surface area contributed by atoms with E-state index in [2.05, 4.69) is 15.5 Å². The van der Waals surface area contributed by atoms with Gasteiger partial charge in [-0.3, -0.25) is 13.9 Å². The van der Waals surface area contributed by atoms with Crippen LogP contribution < -0.4 is 26.1 Å². The molecule has 0 aliphatic rings. The molecule has 0 amide bonds. The summed E-state index contributed by atoms with van der Waals surface area (Å²) in [6.07, 6.45) is 0.608. The van der Waals surface area contributed by atoms with Gasteiger partial charge in [0.1, 0.15) is 30.8 Å². The number of aliphatic hydroxyl groups excluding tert-OH is 1. The van der Waals surface area contributed by atoms with Crippen LogP contribution in [-0.2, 0) is 27.2 Å². The molecule has 216 valence electrons. The Labute approximate surface area is 241 Å². The van der Waals surface area contributed by atoms with Crippen LogP contribution in [0, 0.1) is 6.92 Å². The Morgan fingerprint density at radius 2 is 1.71 bits per heavy atom. The van der Waals surface area contributed by atoms with E-state index in [1.165, 1.54) is 23.2 Å². The second-order valence-electron chi connectivity index (χ2n) is 9.92. The quantitative estimate of drug-likeness (QED) is 0.185. The van der Waals surface area contributed by atoms with Gasteiger partial charge in [0.05, 0.1) is 12.8 Å². The first kappa shape index (κ1) is 28.4. The van der Waals surface area contributed by atoms with E-state index in [9.17, 15) is 14.7 Å². The summed E-state index contributed by atoms with van der Waals surface area (Å²) in [7, 11) is 2.93. The molecule has 0 aliphatic carbocycles. The number of aryl methyl sites for hydroxylation is 2. The van der Waals surface area contributed by atoms with E-state index < -0.39 is 17.4 Å². The number of nitrogens with one attached hydrogen (secondary N) is 1. The number of imidazole rings is 1. The molecule has 5 aromatic rings. The Bertz CT molecular complexity index is 1820. The van der Waals surface area contributed by atoms with Crippen LogP contribution in [-0.4, -0.2) is 42.7 Å². The molecular weight excluding hydrogens is 536 g/mol. The topological polar surface area (TPSA) is 125 Å². The Kier molecular flexibility index (Phi) is 8.49. The normalized spacial score (nSPS) is 12.1. The summed E-state index contributed by atoms with van der Waals surface area (Å²) >= 11 is 0. The minimum atomic E-state index is -0.988. The summed E-state index contributed by atoms with van der Waals surface area (Å²) in [5, 5.41) is 15.1. The molecule has 42 heavy (non-hydrogen) atoms. The number of aromatic nitrogens is 4. The average Bonchev–Trinajstić information content (AvgIpc) is 3.36. The van der Waals surface area contributed by atoms with E-state index in [1.807, 2.05) is 85.8 Å². The van der Waals surface area contributed by atoms with Crippen LogP contribution in [0.2, 0.25) is 0 Å². The highest BCUT2D eigenvalue weighted by Gasteiger charge is 2.21. The van der Waals surface area contributed by atoms with Crippen LogP contribution in [0.5, 0.6) is 11.5 Å². The maximum absolute atomic E-state index is 13.1. The lowest BCUT2D eigenvalue weighted by atomic mass is 10.2. The zero-order valence-corrected chi connectivity index (χ0v) is 23.6. The van der Waals surface area contributed by atoms with Gasteiger partial charge in [-0.2, -0.15) is 10.1 Å². The van der Waals surface area contributed by atoms with Crippen molar-refractivity contribution in [2.75, 3.05) is 12.0 Å². The van der Waals surface area contributed by atoms with Gasteiger partial charge in [0.2, 0.25) is 5.95 Å². The minimum absolute atomic E-state index is 0.0173. The molecular formula is C31H32N6O5. The van der Waals surface area contributed by atoms with Crippen LogP contribution in [0.15, 0.2) is 93.6 Å². The van der Waals surface area contributed by atoms with Gasteiger partial charge in [-0.1, -0.05) is 42.5 Å². The Hall–Kier alpha value is -5.16. The van der Waals surface area contributed by atoms with Gasteiger partial charge in [0.15, 0.2) is 11.2 Å². The number of rotatable bonds is 11. The largest absolute Gasteiger partial charge is 0.491 e. The minimum Gasteiger partial charge on any atom is -0.491 e. The molecule has 0 saturated carbocycles. The van der Waals surface area contributed by atoms with E-state index >= 15 is 0 Å². The van der Waals surface area contributed by atoms with Crippen molar-refractivity contribution >= 4 is 23.3 Å². The third kappa shape index (κ3) is 6.42. The first-order valence-electron chi connectivity index (χ1n) is 13.4. The van der Waals surface area contributed by atoms with Gasteiger partial charge in [-0.05, 0) is 60.0 Å². The molecule has 2 heterocycles. The van der Waals surface area contributed by atoms with Crippen molar-refractivity contribution in [1.82, 2.24) is 18.7 Å². The summed E-state index contributed by atoms with van der Waals surface area (Å²) in [4.78, 5) is 30.1. The predicted octanol–water partition coefficient (Wildman–Crippen LogP) is 3.21. The maximum atomic E-state index is 13.1. The molecule has 2 N–H and O–H groups in total. The fraction of sp³-hybridized carbons (Fsp3) is 0.226. The van der Waals surface area contributed by atoms with E-state index in [-0.39, 0.29) is 30.3 Å². The van der Waals surface area contributed by atoms with Crippen molar-refractivity contribution in [2.24, 2.45) is 19.2 Å². The number of hydrogen-bond donors (Lipinski definition) is 2. The van der Waals surface area contributed by atoms with Crippen molar-refractivity contribution in [2.45, 2.75) is 26.2 Å². The highest BCUT2D eigenvalue weighted by molar-refractivity contribution is 5.80. The molecule has 2 aromatic heterocycles. The highest BCUT2D eigenvalue weighted by Crippen LogP contribution is 2.18. The molecule has 11 heteroatoms. The third-order valence-corrected chi connectivity index (χ3v) is 6.68. The second-order valence-corrected chi connectivity index (χ2v) is 9.92. The van der Waals surface area contributed by atoms with E-state index in [4.69, 9.17) is 9.47 Å². The number of benzene rings is 3. The van der Waals surface area contributed by atoms with Gasteiger partial charge in [0, 0.05) is 14.1 Å². The van der Waals surface area contributed by atoms with E-state index in [1.54, 1.807) is 6.21 Å². The molecule has 0 spiro atoms. The summed E-state index contributed by atoms with van der Waals surface area (Å²) < 4.78 is 15.4. The van der Waals surface area contributed by atoms with Crippen molar-refractivity contribution < 1.29 is 14.6 Å². The smallest absolute Gasteiger partial charge is 0.332 e. The SMILES string of the molecule is Cc1cccc(OCC(O)Cn2c(NN=Cc3ccc(OCc4ccccc4)cc3)nc3c2c(=O)n(C)c(=O)n3C)c1. The lowest BCUT2D eigenvalue weighted by Crippen LogP contribution is -2.38. The average molecular weight is 569 g/mol. The summed E-state index contributed by atoms with van der Waals surface area (Å²) in [6, 6.07) is 24.8. The van der Waals surface area contributed by atoms with Crippen molar-refractivity contribution in [1.29, 1.82) is 0 Å². The number of hydrazone groups is 1.